The van der Waals surface area contributed by atoms with E-state index in [-0.39, 0.29) is 28.6 Å². The molecule has 1 amide bonds. The predicted octanol–water partition coefficient (Wildman–Crippen LogP) is 4.72. The second-order valence-corrected chi connectivity index (χ2v) is 8.29. The van der Waals surface area contributed by atoms with E-state index in [0.29, 0.717) is 39.6 Å². The van der Waals surface area contributed by atoms with Crippen LogP contribution >= 0.6 is 11.8 Å². The first-order chi connectivity index (χ1) is 17.5. The van der Waals surface area contributed by atoms with Gasteiger partial charge in [-0.25, -0.2) is 0 Å². The summed E-state index contributed by atoms with van der Waals surface area (Å²) in [6.45, 7) is 0. The SMILES string of the molecule is COc1cc(-c2nnc(SCC(=O)Nc3ccccc3C(=O)c3ccccc3)o2)cc(OC)c1OC. The van der Waals surface area contributed by atoms with E-state index in [1.165, 1.54) is 21.3 Å². The van der Waals surface area contributed by atoms with Gasteiger partial charge in [-0.1, -0.05) is 54.2 Å². The molecule has 0 atom stereocenters. The second kappa shape index (κ2) is 11.4. The standard InChI is InChI=1S/C26H23N3O6S/c1-32-20-13-17(14-21(33-2)24(20)34-3)25-28-29-26(35-25)36-15-22(30)27-19-12-8-7-11-18(19)23(31)16-9-5-4-6-10-16/h4-14H,15H2,1-3H3,(H,27,30). The number of nitrogens with one attached hydrogen (secondary N) is 1. The van der Waals surface area contributed by atoms with Gasteiger partial charge >= 0.3 is 0 Å². The Bertz CT molecular complexity index is 1350. The molecular weight excluding hydrogens is 482 g/mol. The zero-order valence-electron chi connectivity index (χ0n) is 19.8. The maximum absolute atomic E-state index is 12.9. The number of methoxy groups -OCH3 is 3. The third-order valence-electron chi connectivity index (χ3n) is 5.13. The number of aromatic nitrogens is 2. The third kappa shape index (κ3) is 5.49. The van der Waals surface area contributed by atoms with Gasteiger partial charge in [0.25, 0.3) is 5.22 Å². The second-order valence-electron chi connectivity index (χ2n) is 7.36. The van der Waals surface area contributed by atoms with Gasteiger partial charge in [0, 0.05) is 16.7 Å². The Morgan fingerprint density at radius 1 is 0.889 bits per heavy atom. The van der Waals surface area contributed by atoms with Gasteiger partial charge in [-0.3, -0.25) is 9.59 Å². The van der Waals surface area contributed by atoms with Crippen molar-refractivity contribution in [3.8, 4) is 28.7 Å². The molecule has 1 N–H and O–H groups in total. The smallest absolute Gasteiger partial charge is 0.277 e. The number of anilines is 1. The first kappa shape index (κ1) is 24.8. The van der Waals surface area contributed by atoms with Crippen LogP contribution in [0.25, 0.3) is 11.5 Å². The summed E-state index contributed by atoms with van der Waals surface area (Å²) in [6.07, 6.45) is 0. The Labute approximate surface area is 211 Å². The van der Waals surface area contributed by atoms with E-state index in [0.717, 1.165) is 11.8 Å². The summed E-state index contributed by atoms with van der Waals surface area (Å²) in [4.78, 5) is 25.5. The molecular formula is C26H23N3O6S. The number of benzene rings is 3. The molecule has 184 valence electrons. The number of carbonyl (C=O) groups is 2. The van der Waals surface area contributed by atoms with Crippen LogP contribution in [0.4, 0.5) is 5.69 Å². The van der Waals surface area contributed by atoms with Crippen molar-refractivity contribution in [1.29, 1.82) is 0 Å². The van der Waals surface area contributed by atoms with Crippen LogP contribution in [0.2, 0.25) is 0 Å². The minimum atomic E-state index is -0.319. The van der Waals surface area contributed by atoms with Crippen molar-refractivity contribution in [1.82, 2.24) is 10.2 Å². The Kier molecular flexibility index (Phi) is 7.86. The lowest BCUT2D eigenvalue weighted by molar-refractivity contribution is -0.113. The molecule has 0 saturated carbocycles. The number of rotatable bonds is 10. The Hall–Kier alpha value is -4.31. The molecule has 0 unspecified atom stereocenters. The molecule has 1 aromatic heterocycles. The number of hydrogen-bond acceptors (Lipinski definition) is 9. The fourth-order valence-corrected chi connectivity index (χ4v) is 4.00. The average molecular weight is 506 g/mol. The van der Waals surface area contributed by atoms with Crippen LogP contribution in [0.3, 0.4) is 0 Å². The fraction of sp³-hybridized carbons (Fsp3) is 0.154. The summed E-state index contributed by atoms with van der Waals surface area (Å²) in [7, 11) is 4.54. The Morgan fingerprint density at radius 3 is 2.22 bits per heavy atom. The third-order valence-corrected chi connectivity index (χ3v) is 5.95. The van der Waals surface area contributed by atoms with Crippen molar-refractivity contribution < 1.29 is 28.2 Å². The number of hydrogen-bond donors (Lipinski definition) is 1. The first-order valence-corrected chi connectivity index (χ1v) is 11.8. The quantitative estimate of drug-likeness (QED) is 0.241. The molecule has 0 spiro atoms. The number of carbonyl (C=O) groups excluding carboxylic acids is 2. The molecule has 10 heteroatoms. The van der Waals surface area contributed by atoms with Gasteiger partial charge in [-0.2, -0.15) is 0 Å². The highest BCUT2D eigenvalue weighted by molar-refractivity contribution is 7.99. The topological polar surface area (TPSA) is 113 Å². The molecule has 3 aromatic carbocycles. The molecule has 9 nitrogen and oxygen atoms in total. The summed E-state index contributed by atoms with van der Waals surface area (Å²) < 4.78 is 21.8. The van der Waals surface area contributed by atoms with Crippen LogP contribution in [0.5, 0.6) is 17.2 Å². The molecule has 4 rings (SSSR count). The monoisotopic (exact) mass is 505 g/mol. The summed E-state index contributed by atoms with van der Waals surface area (Å²) in [5.74, 6) is 1.08. The summed E-state index contributed by atoms with van der Waals surface area (Å²) >= 11 is 1.08. The van der Waals surface area contributed by atoms with Crippen molar-refractivity contribution in [2.45, 2.75) is 5.22 Å². The van der Waals surface area contributed by atoms with Crippen LogP contribution in [0, 0.1) is 0 Å². The molecule has 0 bridgehead atoms. The molecule has 0 aliphatic rings. The normalized spacial score (nSPS) is 10.5. The van der Waals surface area contributed by atoms with Crippen molar-refractivity contribution >= 4 is 29.1 Å². The van der Waals surface area contributed by atoms with E-state index in [1.54, 1.807) is 60.7 Å². The van der Waals surface area contributed by atoms with Gasteiger partial charge in [-0.05, 0) is 24.3 Å². The molecule has 0 aliphatic carbocycles. The largest absolute Gasteiger partial charge is 0.493 e. The molecule has 0 aliphatic heterocycles. The van der Waals surface area contributed by atoms with Crippen molar-refractivity contribution in [2.24, 2.45) is 0 Å². The van der Waals surface area contributed by atoms with Crippen LogP contribution in [-0.2, 0) is 4.79 Å². The van der Waals surface area contributed by atoms with Crippen molar-refractivity contribution in [3.63, 3.8) is 0 Å². The van der Waals surface area contributed by atoms with E-state index in [9.17, 15) is 9.59 Å². The Balaban J connectivity index is 1.44. The van der Waals surface area contributed by atoms with Crippen molar-refractivity contribution in [3.05, 3.63) is 77.9 Å². The highest BCUT2D eigenvalue weighted by Gasteiger charge is 2.19. The van der Waals surface area contributed by atoms with E-state index in [4.69, 9.17) is 18.6 Å². The van der Waals surface area contributed by atoms with Gasteiger partial charge < -0.3 is 23.9 Å². The number of thioether (sulfide) groups is 1. The Morgan fingerprint density at radius 2 is 1.56 bits per heavy atom. The molecule has 0 saturated heterocycles. The van der Waals surface area contributed by atoms with E-state index >= 15 is 0 Å². The van der Waals surface area contributed by atoms with Crippen molar-refractivity contribution in [2.75, 3.05) is 32.4 Å². The van der Waals surface area contributed by atoms with E-state index < -0.39 is 0 Å². The molecule has 0 fully saturated rings. The highest BCUT2D eigenvalue weighted by atomic mass is 32.2. The minimum absolute atomic E-state index is 0.00471. The fourth-order valence-electron chi connectivity index (χ4n) is 3.44. The van der Waals surface area contributed by atoms with Gasteiger partial charge in [0.1, 0.15) is 0 Å². The lowest BCUT2D eigenvalue weighted by atomic mass is 10.0. The molecule has 4 aromatic rings. The minimum Gasteiger partial charge on any atom is -0.493 e. The maximum Gasteiger partial charge on any atom is 0.277 e. The first-order valence-electron chi connectivity index (χ1n) is 10.8. The van der Waals surface area contributed by atoms with Gasteiger partial charge in [0.15, 0.2) is 17.3 Å². The number of nitrogens with zero attached hydrogens (tertiary/aromatic N) is 2. The average Bonchev–Trinajstić information content (AvgIpc) is 3.40. The zero-order chi connectivity index (χ0) is 25.5. The summed E-state index contributed by atoms with van der Waals surface area (Å²) in [6, 6.07) is 19.2. The summed E-state index contributed by atoms with van der Waals surface area (Å²) in [5.41, 5.74) is 1.95. The number of para-hydroxylation sites is 1. The van der Waals surface area contributed by atoms with Crippen LogP contribution in [0.1, 0.15) is 15.9 Å². The van der Waals surface area contributed by atoms with Gasteiger partial charge in [0.05, 0.1) is 32.8 Å². The van der Waals surface area contributed by atoms with Crippen LogP contribution < -0.4 is 19.5 Å². The maximum atomic E-state index is 12.9. The number of ketones is 1. The van der Waals surface area contributed by atoms with Crippen LogP contribution in [0.15, 0.2) is 76.4 Å². The van der Waals surface area contributed by atoms with E-state index in [2.05, 4.69) is 15.5 Å². The molecule has 0 radical (unpaired) electrons. The lowest BCUT2D eigenvalue weighted by Crippen LogP contribution is -2.17. The lowest BCUT2D eigenvalue weighted by Gasteiger charge is -2.12. The molecule has 36 heavy (non-hydrogen) atoms. The predicted molar refractivity (Wildman–Crippen MR) is 135 cm³/mol. The van der Waals surface area contributed by atoms with Crippen LogP contribution in [-0.4, -0.2) is 49.0 Å². The van der Waals surface area contributed by atoms with Gasteiger partial charge in [0.2, 0.25) is 17.5 Å². The zero-order valence-corrected chi connectivity index (χ0v) is 20.6. The van der Waals surface area contributed by atoms with Gasteiger partial charge in [-0.15, -0.1) is 10.2 Å². The summed E-state index contributed by atoms with van der Waals surface area (Å²) in [5, 5.41) is 11.1. The van der Waals surface area contributed by atoms with E-state index in [1.807, 2.05) is 6.07 Å². The number of amides is 1. The molecule has 1 heterocycles. The highest BCUT2D eigenvalue weighted by Crippen LogP contribution is 2.41. The number of ether oxygens (including phenoxy) is 3.